The molecule has 0 aliphatic carbocycles. The van der Waals surface area contributed by atoms with Gasteiger partial charge in [0, 0.05) is 18.5 Å². The first-order valence-electron chi connectivity index (χ1n) is 5.69. The van der Waals surface area contributed by atoms with Crippen LogP contribution >= 0.6 is 0 Å². The molecule has 5 heteroatoms. The van der Waals surface area contributed by atoms with Gasteiger partial charge in [0.25, 0.3) is 0 Å². The van der Waals surface area contributed by atoms with E-state index in [-0.39, 0.29) is 29.7 Å². The summed E-state index contributed by atoms with van der Waals surface area (Å²) in [5.74, 6) is 0.301. The van der Waals surface area contributed by atoms with Crippen LogP contribution in [0, 0.1) is 5.92 Å². The molecule has 1 atom stereocenters. The van der Waals surface area contributed by atoms with Gasteiger partial charge in [0.2, 0.25) is 0 Å². The van der Waals surface area contributed by atoms with Crippen molar-refractivity contribution in [3.63, 3.8) is 0 Å². The van der Waals surface area contributed by atoms with E-state index in [9.17, 15) is 4.79 Å². The fourth-order valence-corrected chi connectivity index (χ4v) is 1.44. The molecular weight excluding hydrogens is 204 g/mol. The Balaban J connectivity index is 4.32. The molecule has 0 saturated heterocycles. The van der Waals surface area contributed by atoms with Gasteiger partial charge in [-0.1, -0.05) is 27.7 Å². The fourth-order valence-electron chi connectivity index (χ4n) is 1.44. The van der Waals surface area contributed by atoms with Crippen LogP contribution in [0.3, 0.4) is 0 Å². The number of nitrogens with zero attached hydrogens (tertiary/aromatic N) is 1. The Kier molecular flexibility index (Phi) is 6.72. The molecule has 0 saturated carbocycles. The van der Waals surface area contributed by atoms with Crippen LogP contribution in [-0.2, 0) is 4.79 Å². The van der Waals surface area contributed by atoms with Crippen molar-refractivity contribution < 1.29 is 4.79 Å². The van der Waals surface area contributed by atoms with Crippen LogP contribution in [0.15, 0.2) is 4.99 Å². The smallest absolute Gasteiger partial charge is 0.185 e. The number of hydrogen-bond donors (Lipinski definition) is 3. The van der Waals surface area contributed by atoms with E-state index in [0.717, 1.165) is 0 Å². The topological polar surface area (TPSA) is 93.5 Å². The van der Waals surface area contributed by atoms with Gasteiger partial charge in [0.15, 0.2) is 11.7 Å². The highest BCUT2D eigenvalue weighted by Crippen LogP contribution is 2.05. The van der Waals surface area contributed by atoms with Crippen molar-refractivity contribution in [2.75, 3.05) is 6.54 Å². The number of nitrogens with two attached hydrogens (primary N) is 2. The molecule has 0 unspecified atom stereocenters. The molecule has 0 aromatic rings. The number of rotatable bonds is 7. The van der Waals surface area contributed by atoms with Crippen LogP contribution in [0.4, 0.5) is 0 Å². The summed E-state index contributed by atoms with van der Waals surface area (Å²) in [6.45, 7) is 8.31. The molecule has 0 aliphatic rings. The summed E-state index contributed by atoms with van der Waals surface area (Å²) in [6.07, 6.45) is 0.632. The third-order valence-corrected chi connectivity index (χ3v) is 2.16. The number of nitrogens with one attached hydrogen (secondary N) is 1. The molecule has 0 aliphatic heterocycles. The molecule has 0 heterocycles. The van der Waals surface area contributed by atoms with Gasteiger partial charge in [-0.15, -0.1) is 0 Å². The van der Waals surface area contributed by atoms with Crippen molar-refractivity contribution in [1.29, 1.82) is 0 Å². The van der Waals surface area contributed by atoms with Crippen molar-refractivity contribution in [2.24, 2.45) is 22.4 Å². The molecule has 0 radical (unpaired) electrons. The Hall–Kier alpha value is -1.10. The summed E-state index contributed by atoms with van der Waals surface area (Å²) >= 11 is 0. The third-order valence-electron chi connectivity index (χ3n) is 2.16. The van der Waals surface area contributed by atoms with Gasteiger partial charge >= 0.3 is 0 Å². The van der Waals surface area contributed by atoms with Crippen LogP contribution < -0.4 is 16.8 Å². The van der Waals surface area contributed by atoms with Crippen LogP contribution in [0.2, 0.25) is 0 Å². The highest BCUT2D eigenvalue weighted by Gasteiger charge is 2.20. The summed E-state index contributed by atoms with van der Waals surface area (Å²) < 4.78 is 0. The van der Waals surface area contributed by atoms with E-state index in [4.69, 9.17) is 11.5 Å². The zero-order valence-electron chi connectivity index (χ0n) is 10.7. The molecule has 0 rings (SSSR count). The fraction of sp³-hybridized carbons (Fsp3) is 0.818. The number of carbonyl (C=O) groups is 1. The van der Waals surface area contributed by atoms with E-state index in [2.05, 4.69) is 10.3 Å². The van der Waals surface area contributed by atoms with Gasteiger partial charge in [-0.05, 0) is 6.42 Å². The molecule has 0 aromatic heterocycles. The minimum absolute atomic E-state index is 0.0236. The SMILES string of the molecule is CC(C)N[C@H](CCN=C(N)N)C(=O)C(C)C. The summed E-state index contributed by atoms with van der Waals surface area (Å²) in [5.41, 5.74) is 10.5. The van der Waals surface area contributed by atoms with Crippen LogP contribution in [0.25, 0.3) is 0 Å². The van der Waals surface area contributed by atoms with Gasteiger partial charge < -0.3 is 16.8 Å². The molecule has 0 fully saturated rings. The Morgan fingerprint density at radius 1 is 1.25 bits per heavy atom. The number of Topliss-reactive ketones (excluding diaryl/α,β-unsaturated/α-hetero) is 1. The second-order valence-electron chi connectivity index (χ2n) is 4.53. The van der Waals surface area contributed by atoms with Crippen LogP contribution in [-0.4, -0.2) is 30.4 Å². The predicted octanol–water partition coefficient (Wildman–Crippen LogP) is 0.242. The van der Waals surface area contributed by atoms with E-state index in [0.29, 0.717) is 13.0 Å². The number of hydrogen-bond acceptors (Lipinski definition) is 3. The maximum absolute atomic E-state index is 11.9. The van der Waals surface area contributed by atoms with E-state index in [1.165, 1.54) is 0 Å². The molecule has 5 N–H and O–H groups in total. The first-order chi connectivity index (χ1) is 7.34. The van der Waals surface area contributed by atoms with Gasteiger partial charge in [0.05, 0.1) is 6.04 Å². The molecule has 16 heavy (non-hydrogen) atoms. The molecule has 0 aromatic carbocycles. The quantitative estimate of drug-likeness (QED) is 0.430. The predicted molar refractivity (Wildman–Crippen MR) is 67.2 cm³/mol. The molecule has 0 spiro atoms. The number of ketones is 1. The lowest BCUT2D eigenvalue weighted by Gasteiger charge is -2.21. The first kappa shape index (κ1) is 14.9. The van der Waals surface area contributed by atoms with E-state index >= 15 is 0 Å². The van der Waals surface area contributed by atoms with Gasteiger partial charge in [-0.2, -0.15) is 0 Å². The summed E-state index contributed by atoms with van der Waals surface area (Å²) in [5, 5.41) is 3.23. The van der Waals surface area contributed by atoms with Gasteiger partial charge in [0.1, 0.15) is 0 Å². The minimum Gasteiger partial charge on any atom is -0.370 e. The molecule has 0 bridgehead atoms. The van der Waals surface area contributed by atoms with Crippen LogP contribution in [0.5, 0.6) is 0 Å². The third kappa shape index (κ3) is 6.40. The normalized spacial score (nSPS) is 12.9. The number of carbonyl (C=O) groups excluding carboxylic acids is 1. The minimum atomic E-state index is -0.164. The lowest BCUT2D eigenvalue weighted by Crippen LogP contribution is -2.43. The Morgan fingerprint density at radius 2 is 1.81 bits per heavy atom. The zero-order valence-corrected chi connectivity index (χ0v) is 10.7. The average molecular weight is 228 g/mol. The average Bonchev–Trinajstić information content (AvgIpc) is 2.13. The molecule has 5 nitrogen and oxygen atoms in total. The monoisotopic (exact) mass is 228 g/mol. The van der Waals surface area contributed by atoms with E-state index in [1.54, 1.807) is 0 Å². The zero-order chi connectivity index (χ0) is 12.7. The maximum Gasteiger partial charge on any atom is 0.185 e. The highest BCUT2D eigenvalue weighted by atomic mass is 16.1. The second kappa shape index (κ2) is 7.22. The lowest BCUT2D eigenvalue weighted by molar-refractivity contribution is -0.124. The largest absolute Gasteiger partial charge is 0.370 e. The highest BCUT2D eigenvalue weighted by molar-refractivity contribution is 5.85. The first-order valence-corrected chi connectivity index (χ1v) is 5.69. The number of aliphatic imine (C=N–C) groups is 1. The lowest BCUT2D eigenvalue weighted by atomic mass is 9.98. The summed E-state index contributed by atoms with van der Waals surface area (Å²) in [6, 6.07) is 0.106. The van der Waals surface area contributed by atoms with Gasteiger partial charge in [-0.3, -0.25) is 9.79 Å². The Morgan fingerprint density at radius 3 is 2.19 bits per heavy atom. The summed E-state index contributed by atoms with van der Waals surface area (Å²) in [4.78, 5) is 15.8. The Bertz CT molecular complexity index is 244. The van der Waals surface area contributed by atoms with Crippen molar-refractivity contribution in [2.45, 2.75) is 46.2 Å². The standard InChI is InChI=1S/C11H24N4O/c1-7(2)10(16)9(15-8(3)4)5-6-14-11(12)13/h7-9,15H,5-6H2,1-4H3,(H4,12,13,14)/t9-/m1/s1. The van der Waals surface area contributed by atoms with E-state index in [1.807, 2.05) is 27.7 Å². The Labute approximate surface area is 97.7 Å². The molecule has 94 valence electrons. The number of guanidine groups is 1. The van der Waals surface area contributed by atoms with Gasteiger partial charge in [-0.25, -0.2) is 0 Å². The second-order valence-corrected chi connectivity index (χ2v) is 4.53. The van der Waals surface area contributed by atoms with Crippen LogP contribution in [0.1, 0.15) is 34.1 Å². The van der Waals surface area contributed by atoms with Crippen molar-refractivity contribution in [1.82, 2.24) is 5.32 Å². The summed E-state index contributed by atoms with van der Waals surface area (Å²) in [7, 11) is 0. The van der Waals surface area contributed by atoms with Crippen molar-refractivity contribution in [3.05, 3.63) is 0 Å². The van der Waals surface area contributed by atoms with Crippen molar-refractivity contribution >= 4 is 11.7 Å². The molecular formula is C11H24N4O. The van der Waals surface area contributed by atoms with E-state index < -0.39 is 0 Å². The van der Waals surface area contributed by atoms with Crippen molar-refractivity contribution in [3.8, 4) is 0 Å². The maximum atomic E-state index is 11.9. The molecule has 0 amide bonds.